The summed E-state index contributed by atoms with van der Waals surface area (Å²) in [5.74, 6) is 0.353. The van der Waals surface area contributed by atoms with Gasteiger partial charge in [-0.15, -0.1) is 0 Å². The smallest absolute Gasteiger partial charge is 0.288 e. The zero-order chi connectivity index (χ0) is 19.9. The van der Waals surface area contributed by atoms with Crippen molar-refractivity contribution in [2.45, 2.75) is 6.61 Å². The van der Waals surface area contributed by atoms with Crippen LogP contribution < -0.4 is 4.74 Å². The predicted molar refractivity (Wildman–Crippen MR) is 106 cm³/mol. The molecule has 0 atom stereocenters. The Morgan fingerprint density at radius 3 is 2.50 bits per heavy atom. The lowest BCUT2D eigenvalue weighted by atomic mass is 10.1. The number of hydrogen-bond acceptors (Lipinski definition) is 5. The Morgan fingerprint density at radius 2 is 1.82 bits per heavy atom. The molecule has 0 N–H and O–H groups in total. The Kier molecular flexibility index (Phi) is 6.14. The third-order valence-electron chi connectivity index (χ3n) is 3.89. The SMILES string of the molecule is O=C(/C=C/c1ccc(OCc2ccncc2)cc1)c1ccc(Cl)c([N+](=O)[O-])c1. The number of carbonyl (C=O) groups excluding carboxylic acids is 1. The summed E-state index contributed by atoms with van der Waals surface area (Å²) in [5.41, 5.74) is 1.72. The Morgan fingerprint density at radius 1 is 1.11 bits per heavy atom. The molecular formula is C21H15ClN2O4. The number of pyridine rings is 1. The molecule has 0 saturated carbocycles. The summed E-state index contributed by atoms with van der Waals surface area (Å²) < 4.78 is 5.69. The van der Waals surface area contributed by atoms with E-state index in [9.17, 15) is 14.9 Å². The minimum absolute atomic E-state index is 0.00659. The summed E-state index contributed by atoms with van der Waals surface area (Å²) >= 11 is 5.76. The lowest BCUT2D eigenvalue weighted by Gasteiger charge is -2.06. The van der Waals surface area contributed by atoms with Gasteiger partial charge < -0.3 is 4.74 Å². The van der Waals surface area contributed by atoms with E-state index in [1.54, 1.807) is 30.6 Å². The number of nitro groups is 1. The third kappa shape index (κ3) is 5.02. The van der Waals surface area contributed by atoms with Crippen molar-refractivity contribution in [3.63, 3.8) is 0 Å². The molecule has 3 aromatic rings. The molecule has 1 heterocycles. The number of hydrogen-bond donors (Lipinski definition) is 0. The number of carbonyl (C=O) groups is 1. The van der Waals surface area contributed by atoms with E-state index in [-0.39, 0.29) is 22.1 Å². The Bertz CT molecular complexity index is 1020. The molecule has 0 radical (unpaired) electrons. The molecule has 0 aliphatic carbocycles. The van der Waals surface area contributed by atoms with Gasteiger partial charge in [-0.1, -0.05) is 29.8 Å². The van der Waals surface area contributed by atoms with E-state index in [0.29, 0.717) is 12.4 Å². The number of aromatic nitrogens is 1. The van der Waals surface area contributed by atoms with Crippen molar-refractivity contribution < 1.29 is 14.5 Å². The molecule has 0 fully saturated rings. The second-order valence-electron chi connectivity index (χ2n) is 5.83. The van der Waals surface area contributed by atoms with Crippen LogP contribution in [-0.4, -0.2) is 15.7 Å². The van der Waals surface area contributed by atoms with Gasteiger partial charge >= 0.3 is 0 Å². The molecule has 1 aromatic heterocycles. The molecule has 140 valence electrons. The van der Waals surface area contributed by atoms with Crippen molar-refractivity contribution >= 4 is 29.1 Å². The van der Waals surface area contributed by atoms with E-state index in [1.807, 2.05) is 24.3 Å². The first-order valence-electron chi connectivity index (χ1n) is 8.31. The van der Waals surface area contributed by atoms with Crippen LogP contribution in [0.2, 0.25) is 5.02 Å². The van der Waals surface area contributed by atoms with Crippen LogP contribution in [0.4, 0.5) is 5.69 Å². The Balaban J connectivity index is 1.63. The maximum absolute atomic E-state index is 12.2. The highest BCUT2D eigenvalue weighted by Crippen LogP contribution is 2.25. The van der Waals surface area contributed by atoms with Crippen LogP contribution in [0.3, 0.4) is 0 Å². The zero-order valence-corrected chi connectivity index (χ0v) is 15.4. The monoisotopic (exact) mass is 394 g/mol. The third-order valence-corrected chi connectivity index (χ3v) is 4.21. The summed E-state index contributed by atoms with van der Waals surface area (Å²) in [7, 11) is 0. The van der Waals surface area contributed by atoms with Crippen LogP contribution in [0.5, 0.6) is 5.75 Å². The van der Waals surface area contributed by atoms with Gasteiger partial charge in [-0.3, -0.25) is 19.9 Å². The molecule has 2 aromatic carbocycles. The fourth-order valence-corrected chi connectivity index (χ4v) is 2.58. The van der Waals surface area contributed by atoms with Crippen molar-refractivity contribution in [3.8, 4) is 5.75 Å². The van der Waals surface area contributed by atoms with Crippen LogP contribution >= 0.6 is 11.6 Å². The molecule has 3 rings (SSSR count). The van der Waals surface area contributed by atoms with E-state index < -0.39 is 4.92 Å². The van der Waals surface area contributed by atoms with Crippen molar-refractivity contribution in [1.29, 1.82) is 0 Å². The van der Waals surface area contributed by atoms with E-state index in [0.717, 1.165) is 11.1 Å². The first-order chi connectivity index (χ1) is 13.5. The Hall–Kier alpha value is -3.51. The molecule has 0 spiro atoms. The van der Waals surface area contributed by atoms with Gasteiger partial charge in [0, 0.05) is 24.0 Å². The molecule has 6 nitrogen and oxygen atoms in total. The first-order valence-corrected chi connectivity index (χ1v) is 8.69. The van der Waals surface area contributed by atoms with Crippen LogP contribution in [0.25, 0.3) is 6.08 Å². The topological polar surface area (TPSA) is 82.3 Å². The average Bonchev–Trinajstić information content (AvgIpc) is 2.72. The van der Waals surface area contributed by atoms with Gasteiger partial charge in [0.25, 0.3) is 5.69 Å². The van der Waals surface area contributed by atoms with Gasteiger partial charge in [0.05, 0.1) is 4.92 Å². The number of allylic oxidation sites excluding steroid dienone is 1. The normalized spacial score (nSPS) is 10.8. The van der Waals surface area contributed by atoms with Crippen molar-refractivity contribution in [2.75, 3.05) is 0 Å². The molecule has 0 saturated heterocycles. The number of nitrogens with zero attached hydrogens (tertiary/aromatic N) is 2. The average molecular weight is 395 g/mol. The summed E-state index contributed by atoms with van der Waals surface area (Å²) in [6.07, 6.45) is 6.41. The quantitative estimate of drug-likeness (QED) is 0.240. The summed E-state index contributed by atoms with van der Waals surface area (Å²) in [5, 5.41) is 10.9. The number of benzene rings is 2. The van der Waals surface area contributed by atoms with Gasteiger partial charge in [-0.2, -0.15) is 0 Å². The standard InChI is InChI=1S/C21H15ClN2O4/c22-19-7-4-17(13-20(19)24(26)27)21(25)8-3-15-1-5-18(6-2-15)28-14-16-9-11-23-12-10-16/h1-13H,14H2/b8-3+. The van der Waals surface area contributed by atoms with Crippen molar-refractivity contribution in [2.24, 2.45) is 0 Å². The van der Waals surface area contributed by atoms with Gasteiger partial charge in [-0.25, -0.2) is 0 Å². The van der Waals surface area contributed by atoms with E-state index >= 15 is 0 Å². The van der Waals surface area contributed by atoms with Crippen LogP contribution in [0.15, 0.2) is 73.1 Å². The summed E-state index contributed by atoms with van der Waals surface area (Å²) in [6.45, 7) is 0.436. The van der Waals surface area contributed by atoms with Gasteiger partial charge in [0.15, 0.2) is 5.78 Å². The van der Waals surface area contributed by atoms with Gasteiger partial charge in [0.1, 0.15) is 17.4 Å². The molecule has 0 aliphatic rings. The second kappa shape index (κ2) is 8.92. The highest BCUT2D eigenvalue weighted by molar-refractivity contribution is 6.32. The highest BCUT2D eigenvalue weighted by Gasteiger charge is 2.15. The van der Waals surface area contributed by atoms with E-state index in [2.05, 4.69) is 4.98 Å². The molecule has 0 unspecified atom stereocenters. The lowest BCUT2D eigenvalue weighted by molar-refractivity contribution is -0.384. The van der Waals surface area contributed by atoms with E-state index in [4.69, 9.17) is 16.3 Å². The fourth-order valence-electron chi connectivity index (χ4n) is 2.39. The van der Waals surface area contributed by atoms with Crippen molar-refractivity contribution in [3.05, 3.63) is 105 Å². The number of nitro benzene ring substituents is 1. The van der Waals surface area contributed by atoms with E-state index in [1.165, 1.54) is 24.3 Å². The van der Waals surface area contributed by atoms with Crippen LogP contribution in [0, 0.1) is 10.1 Å². The minimum Gasteiger partial charge on any atom is -0.489 e. The number of ether oxygens (including phenoxy) is 1. The summed E-state index contributed by atoms with van der Waals surface area (Å²) in [6, 6.07) is 15.0. The largest absolute Gasteiger partial charge is 0.489 e. The number of ketones is 1. The molecule has 0 bridgehead atoms. The molecule has 7 heteroatoms. The maximum atomic E-state index is 12.2. The highest BCUT2D eigenvalue weighted by atomic mass is 35.5. The summed E-state index contributed by atoms with van der Waals surface area (Å²) in [4.78, 5) is 26.5. The number of rotatable bonds is 7. The van der Waals surface area contributed by atoms with Crippen molar-refractivity contribution in [1.82, 2.24) is 4.98 Å². The maximum Gasteiger partial charge on any atom is 0.288 e. The zero-order valence-electron chi connectivity index (χ0n) is 14.6. The first kappa shape index (κ1) is 19.3. The van der Waals surface area contributed by atoms with Gasteiger partial charge in [0.2, 0.25) is 0 Å². The van der Waals surface area contributed by atoms with Crippen LogP contribution in [-0.2, 0) is 6.61 Å². The lowest BCUT2D eigenvalue weighted by Crippen LogP contribution is -1.97. The predicted octanol–water partition coefficient (Wildman–Crippen LogP) is 5.12. The Labute approximate surface area is 166 Å². The fraction of sp³-hybridized carbons (Fsp3) is 0.0476. The second-order valence-corrected chi connectivity index (χ2v) is 6.24. The molecule has 0 aliphatic heterocycles. The molecular weight excluding hydrogens is 380 g/mol. The van der Waals surface area contributed by atoms with Crippen LogP contribution in [0.1, 0.15) is 21.5 Å². The number of halogens is 1. The molecule has 28 heavy (non-hydrogen) atoms. The van der Waals surface area contributed by atoms with Gasteiger partial charge in [-0.05, 0) is 53.6 Å². The minimum atomic E-state index is -0.618. The molecule has 0 amide bonds.